The van der Waals surface area contributed by atoms with E-state index in [1.165, 1.54) is 0 Å². The predicted molar refractivity (Wildman–Crippen MR) is 118 cm³/mol. The van der Waals surface area contributed by atoms with E-state index in [0.29, 0.717) is 5.69 Å². The summed E-state index contributed by atoms with van der Waals surface area (Å²) in [5.41, 5.74) is 0.586. The molecule has 4 rings (SSSR count). The highest BCUT2D eigenvalue weighted by molar-refractivity contribution is 6.36. The standard InChI is InChI=1S/C24H25ClN2O4/c1-13(2)12-24(23(30)31)19-18(20(26-24)15-10-8-14(3)9-11-15)21(28)27(22(19)29)17-7-5-4-6-16(17)25/h4-11,13,18-20,26H,12H2,1-3H3,(H,30,31)/t18-,19-,20-,24-/m0/s1. The van der Waals surface area contributed by atoms with Crippen LogP contribution in [0, 0.1) is 24.7 Å². The summed E-state index contributed by atoms with van der Waals surface area (Å²) in [6, 6.07) is 13.6. The highest BCUT2D eigenvalue weighted by Gasteiger charge is 2.68. The molecule has 0 spiro atoms. The second-order valence-corrected chi connectivity index (χ2v) is 9.28. The Balaban J connectivity index is 1.88. The molecule has 2 aromatic rings. The summed E-state index contributed by atoms with van der Waals surface area (Å²) >= 11 is 6.30. The Morgan fingerprint density at radius 1 is 1.13 bits per heavy atom. The van der Waals surface area contributed by atoms with Gasteiger partial charge in [-0.25, -0.2) is 4.90 Å². The third-order valence-electron chi connectivity index (χ3n) is 6.30. The highest BCUT2D eigenvalue weighted by atomic mass is 35.5. The third kappa shape index (κ3) is 3.34. The fourth-order valence-corrected chi connectivity index (χ4v) is 5.27. The van der Waals surface area contributed by atoms with Gasteiger partial charge in [0.15, 0.2) is 0 Å². The molecule has 2 aromatic carbocycles. The van der Waals surface area contributed by atoms with E-state index in [0.717, 1.165) is 16.0 Å². The minimum Gasteiger partial charge on any atom is -0.480 e. The van der Waals surface area contributed by atoms with Crippen LogP contribution in [0.15, 0.2) is 48.5 Å². The second-order valence-electron chi connectivity index (χ2n) is 8.87. The number of rotatable bonds is 5. The number of fused-ring (bicyclic) bond motifs is 1. The van der Waals surface area contributed by atoms with Gasteiger partial charge in [0.2, 0.25) is 11.8 Å². The first-order chi connectivity index (χ1) is 14.7. The number of nitrogens with one attached hydrogen (secondary N) is 1. The Labute approximate surface area is 186 Å². The van der Waals surface area contributed by atoms with Gasteiger partial charge < -0.3 is 5.11 Å². The minimum absolute atomic E-state index is 0.00159. The molecule has 0 saturated carbocycles. The zero-order valence-corrected chi connectivity index (χ0v) is 18.4. The van der Waals surface area contributed by atoms with Crippen molar-refractivity contribution in [2.45, 2.75) is 38.8 Å². The van der Waals surface area contributed by atoms with Gasteiger partial charge in [0.1, 0.15) is 5.54 Å². The van der Waals surface area contributed by atoms with Crippen molar-refractivity contribution in [3.63, 3.8) is 0 Å². The lowest BCUT2D eigenvalue weighted by atomic mass is 9.75. The van der Waals surface area contributed by atoms with Crippen molar-refractivity contribution in [1.82, 2.24) is 5.32 Å². The second kappa shape index (κ2) is 7.77. The number of hydrogen-bond acceptors (Lipinski definition) is 4. The van der Waals surface area contributed by atoms with E-state index in [9.17, 15) is 19.5 Å². The van der Waals surface area contributed by atoms with E-state index in [1.54, 1.807) is 24.3 Å². The zero-order chi connectivity index (χ0) is 22.5. The van der Waals surface area contributed by atoms with E-state index in [-0.39, 0.29) is 17.4 Å². The number of imide groups is 1. The van der Waals surface area contributed by atoms with E-state index in [2.05, 4.69) is 5.32 Å². The number of hydrogen-bond donors (Lipinski definition) is 2. The molecule has 2 heterocycles. The van der Waals surface area contributed by atoms with Crippen molar-refractivity contribution < 1.29 is 19.5 Å². The van der Waals surface area contributed by atoms with Crippen LogP contribution in [0.1, 0.15) is 37.4 Å². The van der Waals surface area contributed by atoms with Gasteiger partial charge in [-0.3, -0.25) is 19.7 Å². The lowest BCUT2D eigenvalue weighted by Gasteiger charge is -2.32. The monoisotopic (exact) mass is 440 g/mol. The van der Waals surface area contributed by atoms with Gasteiger partial charge in [-0.15, -0.1) is 0 Å². The van der Waals surface area contributed by atoms with Gasteiger partial charge in [-0.1, -0.05) is 67.4 Å². The van der Waals surface area contributed by atoms with E-state index < -0.39 is 41.2 Å². The molecule has 0 aromatic heterocycles. The van der Waals surface area contributed by atoms with Gasteiger partial charge >= 0.3 is 5.97 Å². The molecule has 2 N–H and O–H groups in total. The van der Waals surface area contributed by atoms with Crippen LogP contribution in [-0.4, -0.2) is 28.4 Å². The summed E-state index contributed by atoms with van der Waals surface area (Å²) in [6.07, 6.45) is 0.223. The summed E-state index contributed by atoms with van der Waals surface area (Å²) in [6.45, 7) is 5.78. The fourth-order valence-electron chi connectivity index (χ4n) is 5.05. The number of aryl methyl sites for hydroxylation is 1. The van der Waals surface area contributed by atoms with Crippen LogP contribution in [0.2, 0.25) is 5.02 Å². The van der Waals surface area contributed by atoms with Crippen LogP contribution in [-0.2, 0) is 14.4 Å². The number of carboxylic acid groups (broad SMARTS) is 1. The van der Waals surface area contributed by atoms with E-state index >= 15 is 0 Å². The number of halogens is 1. The molecule has 2 saturated heterocycles. The lowest BCUT2D eigenvalue weighted by Crippen LogP contribution is -2.56. The molecule has 6 nitrogen and oxygen atoms in total. The van der Waals surface area contributed by atoms with Crippen LogP contribution in [0.3, 0.4) is 0 Å². The quantitative estimate of drug-likeness (QED) is 0.687. The Hall–Kier alpha value is -2.70. The van der Waals surface area contributed by atoms with Crippen molar-refractivity contribution in [1.29, 1.82) is 0 Å². The molecule has 7 heteroatoms. The van der Waals surface area contributed by atoms with Crippen LogP contribution in [0.5, 0.6) is 0 Å². The van der Waals surface area contributed by atoms with Crippen molar-refractivity contribution >= 4 is 35.1 Å². The summed E-state index contributed by atoms with van der Waals surface area (Å²) in [5.74, 6) is -3.92. The highest BCUT2D eigenvalue weighted by Crippen LogP contribution is 2.52. The zero-order valence-electron chi connectivity index (χ0n) is 17.6. The van der Waals surface area contributed by atoms with E-state index in [1.807, 2.05) is 45.0 Å². The van der Waals surface area contributed by atoms with Gasteiger partial charge in [-0.2, -0.15) is 0 Å². The van der Waals surface area contributed by atoms with Crippen molar-refractivity contribution in [2.24, 2.45) is 17.8 Å². The maximum atomic E-state index is 13.6. The Morgan fingerprint density at radius 3 is 2.35 bits per heavy atom. The van der Waals surface area contributed by atoms with Gasteiger partial charge in [-0.05, 0) is 37.0 Å². The van der Waals surface area contributed by atoms with Crippen LogP contribution >= 0.6 is 11.6 Å². The number of carboxylic acids is 1. The predicted octanol–water partition coefficient (Wildman–Crippen LogP) is 3.97. The maximum absolute atomic E-state index is 13.6. The molecule has 2 aliphatic heterocycles. The molecule has 162 valence electrons. The summed E-state index contributed by atoms with van der Waals surface area (Å²) < 4.78 is 0. The lowest BCUT2D eigenvalue weighted by molar-refractivity contribution is -0.149. The van der Waals surface area contributed by atoms with E-state index in [4.69, 9.17) is 11.6 Å². The average molecular weight is 441 g/mol. The molecule has 0 aliphatic carbocycles. The van der Waals surface area contributed by atoms with Gasteiger partial charge in [0.05, 0.1) is 22.5 Å². The largest absolute Gasteiger partial charge is 0.480 e. The first kappa shape index (κ1) is 21.5. The molecule has 0 radical (unpaired) electrons. The van der Waals surface area contributed by atoms with Crippen molar-refractivity contribution in [3.8, 4) is 0 Å². The molecule has 2 amide bonds. The molecule has 2 fully saturated rings. The van der Waals surface area contributed by atoms with Gasteiger partial charge in [0, 0.05) is 6.04 Å². The first-order valence-corrected chi connectivity index (χ1v) is 10.7. The molecule has 2 aliphatic rings. The number of amides is 2. The van der Waals surface area contributed by atoms with Crippen LogP contribution in [0.4, 0.5) is 5.69 Å². The molecule has 0 bridgehead atoms. The van der Waals surface area contributed by atoms with Gasteiger partial charge in [0.25, 0.3) is 0 Å². The molecule has 4 atom stereocenters. The molecular weight excluding hydrogens is 416 g/mol. The number of carbonyl (C=O) groups is 3. The number of para-hydroxylation sites is 1. The third-order valence-corrected chi connectivity index (χ3v) is 6.62. The van der Waals surface area contributed by atoms with Crippen molar-refractivity contribution in [3.05, 3.63) is 64.7 Å². The Kier molecular flexibility index (Phi) is 5.40. The molecule has 0 unspecified atom stereocenters. The molecule has 31 heavy (non-hydrogen) atoms. The fraction of sp³-hybridized carbons (Fsp3) is 0.375. The normalized spacial score (nSPS) is 27.8. The number of anilines is 1. The smallest absolute Gasteiger partial charge is 0.324 e. The maximum Gasteiger partial charge on any atom is 0.324 e. The summed E-state index contributed by atoms with van der Waals surface area (Å²) in [7, 11) is 0. The molecular formula is C24H25ClN2O4. The summed E-state index contributed by atoms with van der Waals surface area (Å²) in [5, 5.41) is 13.8. The Bertz CT molecular complexity index is 1050. The van der Waals surface area contributed by atoms with Crippen molar-refractivity contribution in [2.75, 3.05) is 4.90 Å². The number of aliphatic carboxylic acids is 1. The number of nitrogens with zero attached hydrogens (tertiary/aromatic N) is 1. The van der Waals surface area contributed by atoms with Crippen LogP contribution in [0.25, 0.3) is 0 Å². The number of carbonyl (C=O) groups excluding carboxylic acids is 2. The minimum atomic E-state index is -1.54. The topological polar surface area (TPSA) is 86.7 Å². The summed E-state index contributed by atoms with van der Waals surface area (Å²) in [4.78, 5) is 40.9. The number of benzene rings is 2. The SMILES string of the molecule is Cc1ccc([C@@H]2N[C@](CC(C)C)(C(=O)O)[C@@H]3C(=O)N(c4ccccc4Cl)C(=O)[C@@H]32)cc1. The average Bonchev–Trinajstić information content (AvgIpc) is 3.18. The first-order valence-electron chi connectivity index (χ1n) is 10.4. The van der Waals surface area contributed by atoms with Crippen LogP contribution < -0.4 is 10.2 Å². The Morgan fingerprint density at radius 2 is 1.77 bits per heavy atom.